The standard InChI is InChI=1S/C13H13NO4/c1-3-6-14-11(12(18-2)13(14)17)9-7-8(15)4-5-10(9)16/h3-5,7,11-12H,1,6H2,2H3/t11-,12+/m1/s1. The van der Waals surface area contributed by atoms with Gasteiger partial charge in [0.2, 0.25) is 0 Å². The number of allylic oxidation sites excluding steroid dienone is 3. The molecule has 0 radical (unpaired) electrons. The second kappa shape index (κ2) is 4.70. The maximum absolute atomic E-state index is 11.8. The topological polar surface area (TPSA) is 63.7 Å². The van der Waals surface area contributed by atoms with Gasteiger partial charge in [0.05, 0.1) is 6.04 Å². The molecule has 18 heavy (non-hydrogen) atoms. The maximum atomic E-state index is 11.8. The van der Waals surface area contributed by atoms with Gasteiger partial charge in [0.15, 0.2) is 17.7 Å². The lowest BCUT2D eigenvalue weighted by Crippen LogP contribution is -2.66. The molecular weight excluding hydrogens is 234 g/mol. The van der Waals surface area contributed by atoms with Crippen LogP contribution in [0, 0.1) is 0 Å². The van der Waals surface area contributed by atoms with Crippen molar-refractivity contribution in [3.63, 3.8) is 0 Å². The van der Waals surface area contributed by atoms with Gasteiger partial charge in [-0.2, -0.15) is 0 Å². The highest BCUT2D eigenvalue weighted by atomic mass is 16.5. The number of carbonyl (C=O) groups excluding carboxylic acids is 3. The highest BCUT2D eigenvalue weighted by molar-refractivity contribution is 6.19. The van der Waals surface area contributed by atoms with Crippen molar-refractivity contribution < 1.29 is 19.1 Å². The number of methoxy groups -OCH3 is 1. The molecule has 0 spiro atoms. The van der Waals surface area contributed by atoms with Crippen molar-refractivity contribution in [2.24, 2.45) is 0 Å². The van der Waals surface area contributed by atoms with Gasteiger partial charge in [0, 0.05) is 19.2 Å². The second-order valence-electron chi connectivity index (χ2n) is 4.08. The zero-order chi connectivity index (χ0) is 13.3. The first-order chi connectivity index (χ1) is 8.60. The van der Waals surface area contributed by atoms with Gasteiger partial charge >= 0.3 is 0 Å². The predicted octanol–water partition coefficient (Wildman–Crippen LogP) is 0.0326. The summed E-state index contributed by atoms with van der Waals surface area (Å²) in [5.41, 5.74) is 0.302. The fourth-order valence-corrected chi connectivity index (χ4v) is 2.18. The molecule has 5 nitrogen and oxygen atoms in total. The molecule has 0 aromatic heterocycles. The number of rotatable bonds is 4. The smallest absolute Gasteiger partial charge is 0.255 e. The Morgan fingerprint density at radius 1 is 1.39 bits per heavy atom. The van der Waals surface area contributed by atoms with Crippen molar-refractivity contribution in [1.29, 1.82) is 0 Å². The highest BCUT2D eigenvalue weighted by Gasteiger charge is 2.50. The average molecular weight is 247 g/mol. The van der Waals surface area contributed by atoms with E-state index in [0.717, 1.165) is 0 Å². The Morgan fingerprint density at radius 2 is 2.11 bits per heavy atom. The summed E-state index contributed by atoms with van der Waals surface area (Å²) < 4.78 is 5.07. The lowest BCUT2D eigenvalue weighted by atomic mass is 9.85. The highest BCUT2D eigenvalue weighted by Crippen LogP contribution is 2.30. The van der Waals surface area contributed by atoms with E-state index in [-0.39, 0.29) is 17.5 Å². The first-order valence-electron chi connectivity index (χ1n) is 5.52. The van der Waals surface area contributed by atoms with Gasteiger partial charge in [-0.3, -0.25) is 14.4 Å². The zero-order valence-electron chi connectivity index (χ0n) is 9.96. The van der Waals surface area contributed by atoms with Crippen LogP contribution in [0.2, 0.25) is 0 Å². The van der Waals surface area contributed by atoms with Gasteiger partial charge < -0.3 is 9.64 Å². The molecular formula is C13H13NO4. The van der Waals surface area contributed by atoms with Gasteiger partial charge in [-0.05, 0) is 18.2 Å². The molecule has 0 saturated carbocycles. The van der Waals surface area contributed by atoms with Crippen LogP contribution < -0.4 is 0 Å². The minimum Gasteiger partial charge on any atom is -0.369 e. The Hall–Kier alpha value is -2.01. The number of β-lactam (4-membered cyclic amide) rings is 1. The lowest BCUT2D eigenvalue weighted by molar-refractivity contribution is -0.165. The predicted molar refractivity (Wildman–Crippen MR) is 63.7 cm³/mol. The Morgan fingerprint density at radius 3 is 2.72 bits per heavy atom. The van der Waals surface area contributed by atoms with E-state index in [4.69, 9.17) is 4.74 Å². The number of amides is 1. The quantitative estimate of drug-likeness (QED) is 0.399. The summed E-state index contributed by atoms with van der Waals surface area (Å²) in [5, 5.41) is 0. The van der Waals surface area contributed by atoms with E-state index in [9.17, 15) is 14.4 Å². The Labute approximate surface area is 104 Å². The van der Waals surface area contributed by atoms with Crippen LogP contribution in [0.3, 0.4) is 0 Å². The van der Waals surface area contributed by atoms with Gasteiger partial charge in [-0.25, -0.2) is 0 Å². The van der Waals surface area contributed by atoms with Crippen LogP contribution in [0.1, 0.15) is 0 Å². The summed E-state index contributed by atoms with van der Waals surface area (Å²) in [4.78, 5) is 36.3. The fraction of sp³-hybridized carbons (Fsp3) is 0.308. The van der Waals surface area contributed by atoms with E-state index in [1.54, 1.807) is 6.08 Å². The van der Waals surface area contributed by atoms with Gasteiger partial charge in [-0.15, -0.1) is 6.58 Å². The number of carbonyl (C=O) groups is 3. The summed E-state index contributed by atoms with van der Waals surface area (Å²) in [6, 6.07) is -0.498. The molecule has 0 aromatic carbocycles. The summed E-state index contributed by atoms with van der Waals surface area (Å²) in [5.74, 6) is -0.710. The van der Waals surface area contributed by atoms with E-state index in [1.165, 1.54) is 30.2 Å². The third-order valence-corrected chi connectivity index (χ3v) is 3.03. The number of ketones is 2. The molecule has 1 heterocycles. The van der Waals surface area contributed by atoms with Gasteiger partial charge in [0.25, 0.3) is 5.91 Å². The fourth-order valence-electron chi connectivity index (χ4n) is 2.18. The van der Waals surface area contributed by atoms with Crippen LogP contribution in [0.15, 0.2) is 36.5 Å². The van der Waals surface area contributed by atoms with E-state index in [1.807, 2.05) is 0 Å². The van der Waals surface area contributed by atoms with E-state index in [0.29, 0.717) is 12.1 Å². The largest absolute Gasteiger partial charge is 0.369 e. The van der Waals surface area contributed by atoms with Crippen LogP contribution in [-0.4, -0.2) is 48.2 Å². The number of hydrogen-bond donors (Lipinski definition) is 0. The molecule has 1 aliphatic carbocycles. The molecule has 0 bridgehead atoms. The molecule has 1 aliphatic heterocycles. The SMILES string of the molecule is C=CCN1C(=O)[C@@H](OC)[C@H]1C1=CC(=O)C=CC1=O. The van der Waals surface area contributed by atoms with Crippen LogP contribution >= 0.6 is 0 Å². The van der Waals surface area contributed by atoms with Gasteiger partial charge in [-0.1, -0.05) is 6.08 Å². The lowest BCUT2D eigenvalue weighted by Gasteiger charge is -2.46. The minimum atomic E-state index is -0.695. The van der Waals surface area contributed by atoms with Crippen LogP contribution in [0.5, 0.6) is 0 Å². The van der Waals surface area contributed by atoms with Crippen molar-refractivity contribution in [3.05, 3.63) is 36.5 Å². The molecule has 2 rings (SSSR count). The molecule has 1 fully saturated rings. The molecule has 0 aromatic rings. The van der Waals surface area contributed by atoms with E-state index >= 15 is 0 Å². The zero-order valence-corrected chi connectivity index (χ0v) is 9.96. The van der Waals surface area contributed by atoms with Gasteiger partial charge in [0.1, 0.15) is 0 Å². The van der Waals surface area contributed by atoms with Crippen LogP contribution in [0.4, 0.5) is 0 Å². The van der Waals surface area contributed by atoms with Crippen LogP contribution in [0.25, 0.3) is 0 Å². The number of hydrogen-bond acceptors (Lipinski definition) is 4. The first-order valence-corrected chi connectivity index (χ1v) is 5.52. The average Bonchev–Trinajstić information content (AvgIpc) is 2.36. The third-order valence-electron chi connectivity index (χ3n) is 3.03. The van der Waals surface area contributed by atoms with E-state index in [2.05, 4.69) is 6.58 Å². The minimum absolute atomic E-state index is 0.196. The summed E-state index contributed by atoms with van der Waals surface area (Å²) in [6.45, 7) is 3.89. The molecule has 2 atom stereocenters. The number of ether oxygens (including phenoxy) is 1. The molecule has 1 saturated heterocycles. The first kappa shape index (κ1) is 12.4. The summed E-state index contributed by atoms with van der Waals surface area (Å²) >= 11 is 0. The summed E-state index contributed by atoms with van der Waals surface area (Å²) in [7, 11) is 1.41. The molecule has 1 amide bonds. The Balaban J connectivity index is 2.29. The van der Waals surface area contributed by atoms with Crippen molar-refractivity contribution in [2.45, 2.75) is 12.1 Å². The monoisotopic (exact) mass is 247 g/mol. The third kappa shape index (κ3) is 1.82. The molecule has 2 aliphatic rings. The Kier molecular flexibility index (Phi) is 3.25. The number of likely N-dealkylation sites (tertiary alicyclic amines) is 1. The normalized spacial score (nSPS) is 27.1. The second-order valence-corrected chi connectivity index (χ2v) is 4.08. The molecule has 5 heteroatoms. The number of nitrogens with zero attached hydrogens (tertiary/aromatic N) is 1. The molecule has 94 valence electrons. The molecule has 0 N–H and O–H groups in total. The van der Waals surface area contributed by atoms with E-state index < -0.39 is 12.1 Å². The van der Waals surface area contributed by atoms with Crippen LogP contribution in [-0.2, 0) is 19.1 Å². The summed E-state index contributed by atoms with van der Waals surface area (Å²) in [6.07, 6.45) is 4.58. The Bertz CT molecular complexity index is 489. The van der Waals surface area contributed by atoms with Crippen molar-refractivity contribution in [2.75, 3.05) is 13.7 Å². The van der Waals surface area contributed by atoms with Crippen molar-refractivity contribution in [1.82, 2.24) is 4.90 Å². The van der Waals surface area contributed by atoms with Crippen molar-refractivity contribution in [3.8, 4) is 0 Å². The van der Waals surface area contributed by atoms with Crippen molar-refractivity contribution >= 4 is 17.5 Å². The molecule has 0 unspecified atom stereocenters. The maximum Gasteiger partial charge on any atom is 0.255 e.